The molecule has 1 fully saturated rings. The van der Waals surface area contributed by atoms with Gasteiger partial charge in [-0.3, -0.25) is 0 Å². The van der Waals surface area contributed by atoms with Crippen molar-refractivity contribution in [2.75, 3.05) is 25.1 Å². The van der Waals surface area contributed by atoms with Gasteiger partial charge in [-0.25, -0.2) is 9.59 Å². The number of carboxylic acids is 1. The van der Waals surface area contributed by atoms with Crippen LogP contribution in [0, 0.1) is 11.8 Å². The maximum Gasteiger partial charge on any atom is 0.326 e. The lowest BCUT2D eigenvalue weighted by Gasteiger charge is -2.36. The number of hydrogen-bond acceptors (Lipinski definition) is 3. The van der Waals surface area contributed by atoms with Gasteiger partial charge in [-0.2, -0.15) is 11.8 Å². The van der Waals surface area contributed by atoms with Crippen molar-refractivity contribution in [3.8, 4) is 0 Å². The molecule has 0 aromatic rings. The standard InChI is InChI=1S/C13H24N2O3S/c1-9-4-5-15(11(6-9)12(16)17)13(18)14-7-10(2)8-19-3/h9-11H,4-8H2,1-3H3,(H,14,18)(H,16,17). The molecule has 2 amide bonds. The average molecular weight is 288 g/mol. The van der Waals surface area contributed by atoms with Crippen molar-refractivity contribution in [3.63, 3.8) is 0 Å². The molecule has 6 heteroatoms. The van der Waals surface area contributed by atoms with E-state index in [0.717, 1.165) is 12.2 Å². The quantitative estimate of drug-likeness (QED) is 0.810. The Bertz CT molecular complexity index is 325. The van der Waals surface area contributed by atoms with Gasteiger partial charge in [0.05, 0.1) is 0 Å². The van der Waals surface area contributed by atoms with E-state index in [9.17, 15) is 14.7 Å². The molecule has 1 saturated heterocycles. The predicted molar refractivity (Wildman–Crippen MR) is 77.5 cm³/mol. The fourth-order valence-electron chi connectivity index (χ4n) is 2.33. The number of hydrogen-bond donors (Lipinski definition) is 2. The molecule has 5 nitrogen and oxygen atoms in total. The normalized spacial score (nSPS) is 24.9. The van der Waals surface area contributed by atoms with E-state index in [1.165, 1.54) is 4.90 Å². The van der Waals surface area contributed by atoms with Crippen LogP contribution in [0.15, 0.2) is 0 Å². The van der Waals surface area contributed by atoms with Gasteiger partial charge in [0.1, 0.15) is 6.04 Å². The van der Waals surface area contributed by atoms with E-state index in [-0.39, 0.29) is 6.03 Å². The van der Waals surface area contributed by atoms with Gasteiger partial charge in [0.15, 0.2) is 0 Å². The van der Waals surface area contributed by atoms with Crippen LogP contribution in [0.4, 0.5) is 4.79 Å². The molecule has 0 radical (unpaired) electrons. The molecule has 2 N–H and O–H groups in total. The summed E-state index contributed by atoms with van der Waals surface area (Å²) in [4.78, 5) is 24.8. The Morgan fingerprint density at radius 3 is 2.79 bits per heavy atom. The Balaban J connectivity index is 2.51. The minimum Gasteiger partial charge on any atom is -0.480 e. The van der Waals surface area contributed by atoms with Gasteiger partial charge in [0.2, 0.25) is 0 Å². The van der Waals surface area contributed by atoms with E-state index >= 15 is 0 Å². The van der Waals surface area contributed by atoms with Crippen LogP contribution in [0.25, 0.3) is 0 Å². The number of likely N-dealkylation sites (tertiary alicyclic amines) is 1. The van der Waals surface area contributed by atoms with Crippen LogP contribution < -0.4 is 5.32 Å². The summed E-state index contributed by atoms with van der Waals surface area (Å²) in [5, 5.41) is 12.1. The number of urea groups is 1. The fraction of sp³-hybridized carbons (Fsp3) is 0.846. The third-order valence-electron chi connectivity index (χ3n) is 3.46. The van der Waals surface area contributed by atoms with E-state index < -0.39 is 12.0 Å². The van der Waals surface area contributed by atoms with Gasteiger partial charge >= 0.3 is 12.0 Å². The summed E-state index contributed by atoms with van der Waals surface area (Å²) in [7, 11) is 0. The lowest BCUT2D eigenvalue weighted by atomic mass is 9.93. The minimum absolute atomic E-state index is 0.243. The van der Waals surface area contributed by atoms with Crippen molar-refractivity contribution in [2.24, 2.45) is 11.8 Å². The van der Waals surface area contributed by atoms with Crippen LogP contribution >= 0.6 is 11.8 Å². The van der Waals surface area contributed by atoms with Crippen molar-refractivity contribution >= 4 is 23.8 Å². The van der Waals surface area contributed by atoms with Crippen LogP contribution in [0.2, 0.25) is 0 Å². The molecule has 1 aliphatic heterocycles. The number of amides is 2. The molecule has 19 heavy (non-hydrogen) atoms. The van der Waals surface area contributed by atoms with Crippen LogP contribution in [-0.2, 0) is 4.79 Å². The molecule has 1 rings (SSSR count). The summed E-state index contributed by atoms with van der Waals surface area (Å²) in [6, 6.07) is -0.924. The van der Waals surface area contributed by atoms with E-state index in [4.69, 9.17) is 0 Å². The van der Waals surface area contributed by atoms with Crippen LogP contribution in [0.1, 0.15) is 26.7 Å². The summed E-state index contributed by atoms with van der Waals surface area (Å²) in [5.41, 5.74) is 0. The van der Waals surface area contributed by atoms with Crippen molar-refractivity contribution in [1.29, 1.82) is 0 Å². The summed E-state index contributed by atoms with van der Waals surface area (Å²) in [5.74, 6) is 0.838. The molecule has 0 spiro atoms. The van der Waals surface area contributed by atoms with Crippen LogP contribution in [0.3, 0.4) is 0 Å². The minimum atomic E-state index is -0.904. The van der Waals surface area contributed by atoms with Gasteiger partial charge in [0, 0.05) is 13.1 Å². The van der Waals surface area contributed by atoms with E-state index in [2.05, 4.69) is 12.2 Å². The largest absolute Gasteiger partial charge is 0.480 e. The van der Waals surface area contributed by atoms with E-state index in [1.54, 1.807) is 11.8 Å². The fourth-order valence-corrected chi connectivity index (χ4v) is 3.01. The summed E-state index contributed by atoms with van der Waals surface area (Å²) in [6.45, 7) is 5.23. The zero-order valence-electron chi connectivity index (χ0n) is 11.9. The average Bonchev–Trinajstić information content (AvgIpc) is 2.36. The maximum atomic E-state index is 12.1. The second-order valence-electron chi connectivity index (χ2n) is 5.42. The first-order valence-corrected chi connectivity index (χ1v) is 8.11. The Hall–Kier alpha value is -0.910. The van der Waals surface area contributed by atoms with Gasteiger partial charge in [0.25, 0.3) is 0 Å². The molecule has 3 atom stereocenters. The van der Waals surface area contributed by atoms with Crippen molar-refractivity contribution in [3.05, 3.63) is 0 Å². The highest BCUT2D eigenvalue weighted by atomic mass is 32.2. The van der Waals surface area contributed by atoms with Crippen molar-refractivity contribution in [2.45, 2.75) is 32.7 Å². The molecule has 0 saturated carbocycles. The molecule has 1 heterocycles. The summed E-state index contributed by atoms with van der Waals surface area (Å²) in [6.07, 6.45) is 3.45. The molecule has 110 valence electrons. The number of carbonyl (C=O) groups excluding carboxylic acids is 1. The van der Waals surface area contributed by atoms with E-state index in [1.807, 2.05) is 13.2 Å². The first kappa shape index (κ1) is 16.1. The molecular formula is C13H24N2O3S. The van der Waals surface area contributed by atoms with Crippen LogP contribution in [-0.4, -0.2) is 53.1 Å². The number of rotatable bonds is 5. The van der Waals surface area contributed by atoms with Crippen LogP contribution in [0.5, 0.6) is 0 Å². The summed E-state index contributed by atoms with van der Waals surface area (Å²) < 4.78 is 0. The van der Waals surface area contributed by atoms with E-state index in [0.29, 0.717) is 31.3 Å². The maximum absolute atomic E-state index is 12.1. The Morgan fingerprint density at radius 2 is 2.21 bits per heavy atom. The zero-order valence-corrected chi connectivity index (χ0v) is 12.7. The molecular weight excluding hydrogens is 264 g/mol. The predicted octanol–water partition coefficient (Wildman–Crippen LogP) is 1.88. The molecule has 0 aromatic carbocycles. The number of aliphatic carboxylic acids is 1. The van der Waals surface area contributed by atoms with Gasteiger partial charge in [-0.1, -0.05) is 13.8 Å². The number of thioether (sulfide) groups is 1. The molecule has 0 bridgehead atoms. The number of piperidine rings is 1. The molecule has 0 aliphatic carbocycles. The topological polar surface area (TPSA) is 69.6 Å². The third-order valence-corrected chi connectivity index (χ3v) is 4.37. The second kappa shape index (κ2) is 7.62. The summed E-state index contributed by atoms with van der Waals surface area (Å²) >= 11 is 1.74. The SMILES string of the molecule is CSCC(C)CNC(=O)N1CCC(C)CC1C(=O)O. The number of nitrogens with one attached hydrogen (secondary N) is 1. The Kier molecular flexibility index (Phi) is 6.48. The highest BCUT2D eigenvalue weighted by molar-refractivity contribution is 7.98. The highest BCUT2D eigenvalue weighted by Gasteiger charge is 2.34. The highest BCUT2D eigenvalue weighted by Crippen LogP contribution is 2.22. The molecule has 1 aliphatic rings. The number of nitrogens with zero attached hydrogens (tertiary/aromatic N) is 1. The number of carbonyl (C=O) groups is 2. The van der Waals surface area contributed by atoms with Gasteiger partial charge in [-0.15, -0.1) is 0 Å². The third kappa shape index (κ3) is 4.93. The lowest BCUT2D eigenvalue weighted by Crippen LogP contribution is -2.53. The Labute approximate surface area is 119 Å². The first-order chi connectivity index (χ1) is 8.95. The van der Waals surface area contributed by atoms with Crippen molar-refractivity contribution in [1.82, 2.24) is 10.2 Å². The van der Waals surface area contributed by atoms with Gasteiger partial charge in [-0.05, 0) is 36.7 Å². The monoisotopic (exact) mass is 288 g/mol. The smallest absolute Gasteiger partial charge is 0.326 e. The molecule has 3 unspecified atom stereocenters. The van der Waals surface area contributed by atoms with Crippen molar-refractivity contribution < 1.29 is 14.7 Å². The number of carboxylic acid groups (broad SMARTS) is 1. The lowest BCUT2D eigenvalue weighted by molar-refractivity contribution is -0.143. The van der Waals surface area contributed by atoms with Gasteiger partial charge < -0.3 is 15.3 Å². The zero-order chi connectivity index (χ0) is 14.4. The first-order valence-electron chi connectivity index (χ1n) is 6.71. The molecule has 0 aromatic heterocycles. The second-order valence-corrected chi connectivity index (χ2v) is 6.33. The Morgan fingerprint density at radius 1 is 1.53 bits per heavy atom.